The largest absolute Gasteiger partial charge is 0.459 e. The fraction of sp³-hybridized carbons (Fsp3) is 0.973. The summed E-state index contributed by atoms with van der Waals surface area (Å²) in [4.78, 5) is 32.1. The van der Waals surface area contributed by atoms with Gasteiger partial charge in [-0.15, -0.1) is 0 Å². The highest BCUT2D eigenvalue weighted by Crippen LogP contribution is 2.43. The van der Waals surface area contributed by atoms with E-state index in [1.165, 1.54) is 14.2 Å². The smallest absolute Gasteiger partial charge is 0.311 e. The molecule has 100 heavy (non-hydrogen) atoms. The minimum Gasteiger partial charge on any atom is -0.459 e. The normalized spacial score (nSPS) is 49.2. The van der Waals surface area contributed by atoms with Gasteiger partial charge >= 0.3 is 11.9 Å². The molecule has 6 rings (SSSR count). The summed E-state index contributed by atoms with van der Waals surface area (Å²) >= 11 is 0. The lowest BCUT2D eigenvalue weighted by Crippen LogP contribution is -2.60. The second-order valence-corrected chi connectivity index (χ2v) is 33.4. The molecule has 0 aromatic heterocycles. The quantitative estimate of drug-likeness (QED) is 0.100. The Kier molecular flexibility index (Phi) is 32.6. The molecule has 26 nitrogen and oxygen atoms in total. The SMILES string of the molecule is CC[C@H]1OC(=O)[C@H](C)[C@@H](O[C@H]2C[C@@](C)(OC)[C@@H](O)[C@H](C)O2)[C@H](C)[C@@H](O[C@@H]2O[C@H](C)C[C@H](N(C)C)[C@H]2O)[C@@](C)(O)CC(C)NCC(C)C[C@]1(C)O.CC[C@H]1OC(=O)[C@H](C)[C@@H](O[C@H]2C[C@@](C)(OC)[C@@H](O)[C@H](C)O2)[C@H](C)[C@@H](O[C@@H]2O[C@H](C)C[C@H](N(C)C)[C@H]2O)[C@@](C)(O)CC(C)NCC(C)C[C@]1(C)O. The molecule has 0 radical (unpaired) electrons. The number of aliphatic hydroxyl groups is 8. The summed E-state index contributed by atoms with van der Waals surface area (Å²) in [5, 5.41) is 99.7. The summed E-state index contributed by atoms with van der Waals surface area (Å²) in [5.74, 6) is -4.32. The van der Waals surface area contributed by atoms with Gasteiger partial charge in [0.25, 0.3) is 0 Å². The van der Waals surface area contributed by atoms with E-state index < -0.39 is 168 Å². The van der Waals surface area contributed by atoms with E-state index in [1.807, 2.05) is 107 Å². The standard InChI is InChI=1S/2C37H70N2O11/c2*1-14-27-35(8,43)16-20(2)19-38-21(3)17-36(9,44)32(50-34-29(40)26(39(11)12)15-22(4)46-34)23(5)30(24(6)33(42)48-27)49-28-18-37(10,45-13)31(41)25(7)47-28/h2*20-32,34,38,40-41,43-44H,14-19H2,1-13H3/t2*20?,21?,22-,23+,24-,25+,26+,27-,28+,29-,30+,31+,32-,34+,35+,36+,37-/m11/s1. The zero-order chi connectivity index (χ0) is 75.9. The van der Waals surface area contributed by atoms with Gasteiger partial charge in [-0.05, 0) is 201 Å². The topological polar surface area (TPSA) is 337 Å². The third-order valence-electron chi connectivity index (χ3n) is 22.9. The summed E-state index contributed by atoms with van der Waals surface area (Å²) in [5.41, 5.74) is -7.57. The number of carbonyl (C=O) groups excluding carboxylic acids is 2. The van der Waals surface area contributed by atoms with E-state index in [4.69, 9.17) is 56.8 Å². The molecule has 0 aliphatic carbocycles. The maximum Gasteiger partial charge on any atom is 0.311 e. The Labute approximate surface area is 599 Å². The number of esters is 2. The number of hydrogen-bond acceptors (Lipinski definition) is 26. The molecule has 34 atom stereocenters. The molecule has 6 aliphatic heterocycles. The van der Waals surface area contributed by atoms with Crippen LogP contribution in [0.1, 0.15) is 203 Å². The van der Waals surface area contributed by atoms with Gasteiger partial charge in [0.15, 0.2) is 25.2 Å². The Balaban J connectivity index is 0.000000361. The highest BCUT2D eigenvalue weighted by Gasteiger charge is 2.55. The van der Waals surface area contributed by atoms with Crippen molar-refractivity contribution >= 4 is 11.9 Å². The Morgan fingerprint density at radius 1 is 0.470 bits per heavy atom. The lowest BCUT2D eigenvalue weighted by Gasteiger charge is -2.48. The Hall–Kier alpha value is -1.94. The van der Waals surface area contributed by atoms with E-state index in [2.05, 4.69) is 10.6 Å². The predicted octanol–water partition coefficient (Wildman–Crippen LogP) is 5.18. The monoisotopic (exact) mass is 1440 g/mol. The van der Waals surface area contributed by atoms with Crippen LogP contribution in [0.25, 0.3) is 0 Å². The molecule has 0 spiro atoms. The van der Waals surface area contributed by atoms with Crippen molar-refractivity contribution in [3.05, 3.63) is 0 Å². The molecule has 0 amide bonds. The van der Waals surface area contributed by atoms with Crippen molar-refractivity contribution in [3.63, 3.8) is 0 Å². The highest BCUT2D eigenvalue weighted by molar-refractivity contribution is 5.73. The number of ether oxygens (including phenoxy) is 12. The number of methoxy groups -OCH3 is 2. The third-order valence-corrected chi connectivity index (χ3v) is 22.9. The fourth-order valence-corrected chi connectivity index (χ4v) is 16.9. The second kappa shape index (κ2) is 36.8. The van der Waals surface area contributed by atoms with Gasteiger partial charge in [0.05, 0.1) is 94.3 Å². The molecule has 10 N–H and O–H groups in total. The zero-order valence-corrected chi connectivity index (χ0v) is 65.8. The van der Waals surface area contributed by atoms with Crippen molar-refractivity contribution in [1.29, 1.82) is 0 Å². The molecule has 26 heteroatoms. The van der Waals surface area contributed by atoms with Gasteiger partial charge in [-0.1, -0.05) is 41.5 Å². The lowest BCUT2D eigenvalue weighted by molar-refractivity contribution is -0.318. The molecule has 6 heterocycles. The van der Waals surface area contributed by atoms with E-state index in [1.54, 1.807) is 69.2 Å². The molecular formula is C74H140N4O22. The minimum absolute atomic E-state index is 0.0286. The number of aliphatic hydroxyl groups excluding tert-OH is 4. The number of nitrogens with one attached hydrogen (secondary N) is 2. The number of hydrogen-bond donors (Lipinski definition) is 10. The van der Waals surface area contributed by atoms with Crippen LogP contribution >= 0.6 is 0 Å². The summed E-state index contributed by atoms with van der Waals surface area (Å²) in [6, 6.07) is -0.837. The van der Waals surface area contributed by atoms with Crippen LogP contribution in [0.5, 0.6) is 0 Å². The molecule has 588 valence electrons. The lowest BCUT2D eigenvalue weighted by atomic mass is 9.78. The predicted molar refractivity (Wildman–Crippen MR) is 376 cm³/mol. The maximum absolute atomic E-state index is 14.1. The van der Waals surface area contributed by atoms with Gasteiger partial charge in [-0.25, -0.2) is 0 Å². The molecule has 0 aromatic rings. The number of nitrogens with zero attached hydrogens (tertiary/aromatic N) is 2. The van der Waals surface area contributed by atoms with Gasteiger partial charge in [0, 0.05) is 63.1 Å². The average Bonchev–Trinajstić information content (AvgIpc) is 0.875. The van der Waals surface area contributed by atoms with Crippen LogP contribution in [0.3, 0.4) is 0 Å². The third kappa shape index (κ3) is 22.6. The van der Waals surface area contributed by atoms with E-state index in [0.717, 1.165) is 0 Å². The van der Waals surface area contributed by atoms with Crippen molar-refractivity contribution in [3.8, 4) is 0 Å². The van der Waals surface area contributed by atoms with Gasteiger partial charge in [-0.2, -0.15) is 0 Å². The van der Waals surface area contributed by atoms with E-state index in [-0.39, 0.29) is 73.9 Å². The summed E-state index contributed by atoms with van der Waals surface area (Å²) < 4.78 is 75.1. The Morgan fingerprint density at radius 2 is 0.790 bits per heavy atom. The molecule has 6 fully saturated rings. The van der Waals surface area contributed by atoms with Crippen molar-refractivity contribution in [2.45, 2.75) is 371 Å². The Morgan fingerprint density at radius 3 is 1.08 bits per heavy atom. The maximum atomic E-state index is 14.1. The number of rotatable bonds is 14. The van der Waals surface area contributed by atoms with E-state index in [9.17, 15) is 50.4 Å². The van der Waals surface area contributed by atoms with Gasteiger partial charge in [0.1, 0.15) is 36.6 Å². The molecule has 6 aliphatic rings. The summed E-state index contributed by atoms with van der Waals surface area (Å²) in [6.07, 6.45) is -11.4. The van der Waals surface area contributed by atoms with E-state index >= 15 is 0 Å². The molecule has 0 saturated carbocycles. The van der Waals surface area contributed by atoms with Crippen LogP contribution in [-0.4, -0.2) is 286 Å². The summed E-state index contributed by atoms with van der Waals surface area (Å²) in [6.45, 7) is 37.7. The number of cyclic esters (lactones) is 2. The molecule has 6 saturated heterocycles. The first-order valence-electron chi connectivity index (χ1n) is 37.3. The van der Waals surface area contributed by atoms with Crippen molar-refractivity contribution in [2.75, 3.05) is 55.5 Å². The van der Waals surface area contributed by atoms with Crippen LogP contribution < -0.4 is 10.6 Å². The fourth-order valence-electron chi connectivity index (χ4n) is 16.9. The van der Waals surface area contributed by atoms with Crippen molar-refractivity contribution in [1.82, 2.24) is 20.4 Å². The first-order valence-corrected chi connectivity index (χ1v) is 37.3. The van der Waals surface area contributed by atoms with Gasteiger partial charge in [-0.3, -0.25) is 9.59 Å². The molecule has 0 aromatic carbocycles. The van der Waals surface area contributed by atoms with Crippen LogP contribution in [0.2, 0.25) is 0 Å². The van der Waals surface area contributed by atoms with Crippen LogP contribution in [0.4, 0.5) is 0 Å². The van der Waals surface area contributed by atoms with Crippen LogP contribution in [-0.2, 0) is 66.4 Å². The molecular weight excluding hydrogens is 1300 g/mol. The molecule has 4 unspecified atom stereocenters. The van der Waals surface area contributed by atoms with Crippen LogP contribution in [0.15, 0.2) is 0 Å². The number of likely N-dealkylation sites (N-methyl/N-ethyl adjacent to an activating group) is 2. The number of carbonyl (C=O) groups is 2. The summed E-state index contributed by atoms with van der Waals surface area (Å²) in [7, 11) is 10.6. The molecule has 0 bridgehead atoms. The van der Waals surface area contributed by atoms with Gasteiger partial charge < -0.3 is 118 Å². The second-order valence-electron chi connectivity index (χ2n) is 33.4. The Bertz CT molecular complexity index is 2320. The van der Waals surface area contributed by atoms with Crippen molar-refractivity contribution in [2.24, 2.45) is 35.5 Å². The first kappa shape index (κ1) is 88.7. The zero-order valence-electron chi connectivity index (χ0n) is 65.8. The average molecular weight is 1440 g/mol. The minimum atomic E-state index is -1.51. The van der Waals surface area contributed by atoms with E-state index in [0.29, 0.717) is 51.6 Å². The van der Waals surface area contributed by atoms with Crippen molar-refractivity contribution < 1.29 is 107 Å². The van der Waals surface area contributed by atoms with Gasteiger partial charge in [0.2, 0.25) is 0 Å². The highest BCUT2D eigenvalue weighted by atomic mass is 16.7. The first-order chi connectivity index (χ1) is 46.1. The van der Waals surface area contributed by atoms with Crippen LogP contribution in [0, 0.1) is 35.5 Å².